The Hall–Kier alpha value is -5.66. The number of carbonyl (C=O) groups excluding carboxylic acids is 1. The van der Waals surface area contributed by atoms with Gasteiger partial charge in [-0.15, -0.1) is 0 Å². The summed E-state index contributed by atoms with van der Waals surface area (Å²) in [6, 6.07) is 34.0. The van der Waals surface area contributed by atoms with E-state index in [1.165, 1.54) is 48.2 Å². The highest BCUT2D eigenvalue weighted by Gasteiger charge is 2.47. The van der Waals surface area contributed by atoms with Crippen molar-refractivity contribution in [1.29, 1.82) is 0 Å². The lowest BCUT2D eigenvalue weighted by Gasteiger charge is -2.23. The molecule has 0 aromatic heterocycles. The Morgan fingerprint density at radius 2 is 1.37 bits per heavy atom. The minimum Gasteiger partial charge on any atom is -0.481 e. The van der Waals surface area contributed by atoms with Gasteiger partial charge < -0.3 is 14.7 Å². The van der Waals surface area contributed by atoms with Crippen molar-refractivity contribution in [3.63, 3.8) is 0 Å². The Kier molecular flexibility index (Phi) is 8.68. The minimum atomic E-state index is -0.819. The second-order valence-corrected chi connectivity index (χ2v) is 14.8. The van der Waals surface area contributed by atoms with Gasteiger partial charge in [-0.25, -0.2) is 0 Å². The topological polar surface area (TPSA) is 69.8 Å². The van der Waals surface area contributed by atoms with Gasteiger partial charge in [-0.05, 0) is 64.7 Å². The molecule has 0 saturated carbocycles. The molecule has 0 aliphatic carbocycles. The lowest BCUT2D eigenvalue weighted by atomic mass is 9.78. The molecule has 2 heterocycles. The van der Waals surface area contributed by atoms with Crippen molar-refractivity contribution in [1.82, 2.24) is 0 Å². The van der Waals surface area contributed by atoms with Gasteiger partial charge in [0, 0.05) is 21.9 Å². The van der Waals surface area contributed by atoms with Gasteiger partial charge in [-0.3, -0.25) is 9.59 Å². The van der Waals surface area contributed by atoms with Crippen LogP contribution < -0.4 is 4.90 Å². The van der Waals surface area contributed by atoms with E-state index in [-0.39, 0.29) is 18.4 Å². The number of allylic oxidation sites excluding steroid dienone is 5. The Morgan fingerprint density at radius 3 is 2.02 bits per heavy atom. The molecule has 8 rings (SSSR count). The molecule has 2 aliphatic rings. The van der Waals surface area contributed by atoms with Crippen molar-refractivity contribution >= 4 is 84.4 Å². The number of benzene rings is 6. The molecule has 6 aromatic rings. The number of nitrogens with zero attached hydrogens (tertiary/aromatic N) is 2. The summed E-state index contributed by atoms with van der Waals surface area (Å²) in [4.78, 5) is 26.5. The van der Waals surface area contributed by atoms with E-state index < -0.39 is 5.97 Å². The Morgan fingerprint density at radius 1 is 0.808 bits per heavy atom. The second-order valence-electron chi connectivity index (χ2n) is 13.8. The van der Waals surface area contributed by atoms with E-state index in [0.717, 1.165) is 33.1 Å². The molecule has 0 saturated heterocycles. The molecule has 7 heteroatoms. The molecule has 0 bridgehead atoms. The number of carbonyl (C=O) groups is 2. The zero-order valence-corrected chi connectivity index (χ0v) is 30.2. The second kappa shape index (κ2) is 13.5. The number of fused-ring (bicyclic) bond motifs is 12. The van der Waals surface area contributed by atoms with E-state index in [4.69, 9.17) is 4.74 Å². The minimum absolute atomic E-state index is 0.0276. The highest BCUT2D eigenvalue weighted by Crippen LogP contribution is 2.54. The molecule has 258 valence electrons. The number of carboxylic acids is 1. The highest BCUT2D eigenvalue weighted by molar-refractivity contribution is 8.04. The van der Waals surface area contributed by atoms with E-state index >= 15 is 0 Å². The van der Waals surface area contributed by atoms with Crippen LogP contribution in [0.15, 0.2) is 137 Å². The molecule has 0 radical (unpaired) electrons. The number of anilines is 1. The smallest absolute Gasteiger partial charge is 0.309 e. The Balaban J connectivity index is 1.21. The molecule has 2 aliphatic heterocycles. The molecule has 0 spiro atoms. The van der Waals surface area contributed by atoms with Crippen molar-refractivity contribution in [2.75, 3.05) is 24.6 Å². The predicted octanol–water partition coefficient (Wildman–Crippen LogP) is 10.3. The van der Waals surface area contributed by atoms with Crippen LogP contribution >= 0.6 is 11.8 Å². The van der Waals surface area contributed by atoms with Gasteiger partial charge >= 0.3 is 5.97 Å². The lowest BCUT2D eigenvalue weighted by molar-refractivity contribution is -0.435. The van der Waals surface area contributed by atoms with Crippen molar-refractivity contribution in [2.45, 2.75) is 37.5 Å². The fourth-order valence-corrected chi connectivity index (χ4v) is 9.51. The van der Waals surface area contributed by atoms with Crippen molar-refractivity contribution < 1.29 is 24.0 Å². The fraction of sp³-hybridized carbons (Fsp3) is 0.178. The summed E-state index contributed by atoms with van der Waals surface area (Å²) in [6.45, 7) is 8.29. The van der Waals surface area contributed by atoms with Crippen molar-refractivity contribution in [2.24, 2.45) is 0 Å². The van der Waals surface area contributed by atoms with Gasteiger partial charge in [-0.1, -0.05) is 121 Å². The van der Waals surface area contributed by atoms with Gasteiger partial charge in [0.2, 0.25) is 5.69 Å². The Labute approximate surface area is 307 Å². The first-order valence-corrected chi connectivity index (χ1v) is 18.4. The van der Waals surface area contributed by atoms with E-state index in [2.05, 4.69) is 152 Å². The molecule has 0 unspecified atom stereocenters. The summed E-state index contributed by atoms with van der Waals surface area (Å²) in [5.74, 6) is -0.819. The first-order valence-electron chi connectivity index (χ1n) is 17.6. The van der Waals surface area contributed by atoms with Crippen LogP contribution in [0.2, 0.25) is 0 Å². The molecule has 1 N–H and O–H groups in total. The molecule has 0 fully saturated rings. The Bertz CT molecular complexity index is 2580. The van der Waals surface area contributed by atoms with E-state index in [0.29, 0.717) is 19.6 Å². The van der Waals surface area contributed by atoms with Gasteiger partial charge in [0.25, 0.3) is 6.47 Å². The SMILES string of the molecule is CC(/C=C/C=C/C1=[N+](CCC(=O)O)c2c(c3ccccc3c3ccccc23)C1(C)C)=C1\Sc2c(c3ccccc3c3ccccc23)N1CCOC=O. The third-order valence-electron chi connectivity index (χ3n) is 10.4. The van der Waals surface area contributed by atoms with Crippen LogP contribution in [-0.4, -0.2) is 47.5 Å². The molecule has 6 nitrogen and oxygen atoms in total. The number of hydrogen-bond acceptors (Lipinski definition) is 5. The number of ether oxygens (including phenoxy) is 1. The van der Waals surface area contributed by atoms with Gasteiger partial charge in [0.15, 0.2) is 12.3 Å². The number of aliphatic carboxylic acids is 1. The summed E-state index contributed by atoms with van der Waals surface area (Å²) in [5.41, 5.74) is 5.23. The fourth-order valence-electron chi connectivity index (χ4n) is 8.19. The van der Waals surface area contributed by atoms with Crippen LogP contribution in [0.3, 0.4) is 0 Å². The maximum absolute atomic E-state index is 11.9. The third kappa shape index (κ3) is 5.47. The standard InChI is InChI=1S/C45H38N2O4S/c1-29(44-47(26-27-51-28-48)42-36-21-11-7-17-32(36)33-18-8-12-22-37(33)43(42)52-44)14-4-13-23-38-45(2,3)40-34-19-9-5-15-30(34)31-16-6-10-20-35(31)41(40)46(38)25-24-39(49)50/h4-23,28H,24-27H2,1-3H3/p+1. The average molecular weight is 704 g/mol. The molecular formula is C45H39N2O4S+. The summed E-state index contributed by atoms with van der Waals surface area (Å²) < 4.78 is 7.44. The number of rotatable bonds is 10. The van der Waals surface area contributed by atoms with Crippen molar-refractivity contribution in [3.8, 4) is 0 Å². The molecular weight excluding hydrogens is 665 g/mol. The van der Waals surface area contributed by atoms with Gasteiger partial charge in [0.1, 0.15) is 13.0 Å². The molecule has 0 amide bonds. The normalized spacial score (nSPS) is 16.2. The summed E-state index contributed by atoms with van der Waals surface area (Å²) in [5, 5.41) is 20.3. The largest absolute Gasteiger partial charge is 0.481 e. The van der Waals surface area contributed by atoms with E-state index in [9.17, 15) is 14.7 Å². The first kappa shape index (κ1) is 33.5. The third-order valence-corrected chi connectivity index (χ3v) is 11.8. The lowest BCUT2D eigenvalue weighted by Crippen LogP contribution is -2.28. The summed E-state index contributed by atoms with van der Waals surface area (Å²) in [7, 11) is 0. The van der Waals surface area contributed by atoms with Crippen LogP contribution in [-0.2, 0) is 19.7 Å². The number of thioether (sulfide) groups is 1. The maximum Gasteiger partial charge on any atom is 0.309 e. The van der Waals surface area contributed by atoms with Crippen molar-refractivity contribution in [3.05, 3.63) is 138 Å². The quantitative estimate of drug-likeness (QED) is 0.0504. The zero-order valence-electron chi connectivity index (χ0n) is 29.4. The average Bonchev–Trinajstić information content (AvgIpc) is 3.65. The molecule has 6 aromatic carbocycles. The maximum atomic E-state index is 11.9. The number of carboxylic acid groups (broad SMARTS) is 1. The van der Waals surface area contributed by atoms with Gasteiger partial charge in [-0.2, -0.15) is 4.58 Å². The van der Waals surface area contributed by atoms with Crippen LogP contribution in [0.25, 0.3) is 43.1 Å². The summed E-state index contributed by atoms with van der Waals surface area (Å²) >= 11 is 1.76. The van der Waals surface area contributed by atoms with Crippen LogP contribution in [0, 0.1) is 0 Å². The zero-order chi connectivity index (χ0) is 36.0. The van der Waals surface area contributed by atoms with Crippen LogP contribution in [0.4, 0.5) is 11.4 Å². The van der Waals surface area contributed by atoms with Crippen LogP contribution in [0.5, 0.6) is 0 Å². The monoisotopic (exact) mass is 703 g/mol. The van der Waals surface area contributed by atoms with E-state index in [1.54, 1.807) is 11.8 Å². The summed E-state index contributed by atoms with van der Waals surface area (Å²) in [6.07, 6.45) is 8.44. The first-order chi connectivity index (χ1) is 25.3. The highest BCUT2D eigenvalue weighted by atomic mass is 32.2. The van der Waals surface area contributed by atoms with Crippen LogP contribution in [0.1, 0.15) is 32.8 Å². The molecule has 0 atom stereocenters. The van der Waals surface area contributed by atoms with E-state index in [1.807, 2.05) is 0 Å². The van der Waals surface area contributed by atoms with Gasteiger partial charge in [0.05, 0.1) is 28.1 Å². The number of hydrogen-bond donors (Lipinski definition) is 1. The predicted molar refractivity (Wildman–Crippen MR) is 214 cm³/mol. The molecule has 52 heavy (non-hydrogen) atoms.